The van der Waals surface area contributed by atoms with Crippen molar-refractivity contribution in [3.63, 3.8) is 0 Å². The minimum absolute atomic E-state index is 0.00553. The first-order chi connectivity index (χ1) is 7.56. The van der Waals surface area contributed by atoms with E-state index in [0.29, 0.717) is 12.0 Å². The number of aliphatic hydroxyl groups excluding tert-OH is 1. The fourth-order valence-electron chi connectivity index (χ4n) is 1.42. The fraction of sp³-hybridized carbons (Fsp3) is 0.455. The van der Waals surface area contributed by atoms with Crippen LogP contribution in [0.25, 0.3) is 0 Å². The maximum absolute atomic E-state index is 11.8. The first-order valence-corrected chi connectivity index (χ1v) is 5.16. The van der Waals surface area contributed by atoms with Gasteiger partial charge in [-0.3, -0.25) is 9.59 Å². The van der Waals surface area contributed by atoms with E-state index in [4.69, 9.17) is 5.11 Å². The monoisotopic (exact) mass is 224 g/mol. The average Bonchev–Trinajstić information content (AvgIpc) is 2.17. The van der Waals surface area contributed by atoms with Gasteiger partial charge < -0.3 is 15.4 Å². The third kappa shape index (κ3) is 2.93. The van der Waals surface area contributed by atoms with Gasteiger partial charge in [-0.25, -0.2) is 0 Å². The molecular formula is C11H16N2O3. The van der Waals surface area contributed by atoms with Gasteiger partial charge in [-0.05, 0) is 31.9 Å². The molecule has 0 bridgehead atoms. The molecule has 0 saturated heterocycles. The number of aliphatic hydroxyl groups is 1. The molecule has 1 aromatic rings. The van der Waals surface area contributed by atoms with E-state index in [9.17, 15) is 9.59 Å². The fourth-order valence-corrected chi connectivity index (χ4v) is 1.42. The molecule has 1 rings (SSSR count). The predicted octanol–water partition coefficient (Wildman–Crippen LogP) is 0.184. The number of aromatic amines is 1. The van der Waals surface area contributed by atoms with Crippen LogP contribution >= 0.6 is 0 Å². The summed E-state index contributed by atoms with van der Waals surface area (Å²) in [5.74, 6) is -0.402. The molecule has 16 heavy (non-hydrogen) atoms. The van der Waals surface area contributed by atoms with Crippen LogP contribution in [0.4, 0.5) is 0 Å². The number of carbonyl (C=O) groups is 1. The zero-order valence-electron chi connectivity index (χ0n) is 9.41. The van der Waals surface area contributed by atoms with Gasteiger partial charge in [-0.1, -0.05) is 0 Å². The van der Waals surface area contributed by atoms with Crippen molar-refractivity contribution >= 4 is 5.91 Å². The number of aromatic nitrogens is 1. The standard InChI is InChI=1S/C11H16N2O3/c1-7-3-5-12-10(15)9(7)11(16)13-8(2)4-6-14/h3,5,8,14H,4,6H2,1-2H3,(H,12,15)(H,13,16). The molecule has 0 radical (unpaired) electrons. The van der Waals surface area contributed by atoms with Gasteiger partial charge in [0.1, 0.15) is 5.56 Å². The Labute approximate surface area is 93.5 Å². The molecule has 0 aromatic carbocycles. The summed E-state index contributed by atoms with van der Waals surface area (Å²) in [6.07, 6.45) is 1.97. The Bertz CT molecular complexity index is 425. The zero-order valence-corrected chi connectivity index (χ0v) is 9.41. The molecule has 1 aromatic heterocycles. The van der Waals surface area contributed by atoms with Crippen molar-refractivity contribution in [2.24, 2.45) is 0 Å². The number of nitrogens with one attached hydrogen (secondary N) is 2. The van der Waals surface area contributed by atoms with E-state index in [0.717, 1.165) is 0 Å². The van der Waals surface area contributed by atoms with Crippen LogP contribution in [-0.2, 0) is 0 Å². The van der Waals surface area contributed by atoms with E-state index in [1.54, 1.807) is 19.9 Å². The smallest absolute Gasteiger partial charge is 0.261 e. The van der Waals surface area contributed by atoms with Crippen LogP contribution in [-0.4, -0.2) is 28.6 Å². The van der Waals surface area contributed by atoms with Gasteiger partial charge in [0.2, 0.25) is 0 Å². The highest BCUT2D eigenvalue weighted by atomic mass is 16.3. The quantitative estimate of drug-likeness (QED) is 0.682. The molecule has 88 valence electrons. The number of hydrogen-bond donors (Lipinski definition) is 3. The van der Waals surface area contributed by atoms with Crippen molar-refractivity contribution in [3.8, 4) is 0 Å². The molecule has 1 amide bonds. The molecule has 0 fully saturated rings. The average molecular weight is 224 g/mol. The van der Waals surface area contributed by atoms with Crippen molar-refractivity contribution in [1.82, 2.24) is 10.3 Å². The van der Waals surface area contributed by atoms with Crippen molar-refractivity contribution in [3.05, 3.63) is 33.7 Å². The maximum Gasteiger partial charge on any atom is 0.261 e. The van der Waals surface area contributed by atoms with Crippen molar-refractivity contribution in [2.75, 3.05) is 6.61 Å². The second-order valence-corrected chi connectivity index (χ2v) is 3.75. The second-order valence-electron chi connectivity index (χ2n) is 3.75. The summed E-state index contributed by atoms with van der Waals surface area (Å²) in [4.78, 5) is 25.7. The minimum Gasteiger partial charge on any atom is -0.396 e. The number of carbonyl (C=O) groups excluding carboxylic acids is 1. The Hall–Kier alpha value is -1.62. The molecule has 1 unspecified atom stereocenters. The highest BCUT2D eigenvalue weighted by Gasteiger charge is 2.15. The molecule has 0 spiro atoms. The van der Waals surface area contributed by atoms with Gasteiger partial charge in [0.05, 0.1) is 0 Å². The third-order valence-corrected chi connectivity index (χ3v) is 2.34. The summed E-state index contributed by atoms with van der Waals surface area (Å²) in [6, 6.07) is 1.52. The number of pyridine rings is 1. The molecule has 1 atom stereocenters. The largest absolute Gasteiger partial charge is 0.396 e. The topological polar surface area (TPSA) is 82.2 Å². The highest BCUT2D eigenvalue weighted by Crippen LogP contribution is 2.01. The van der Waals surface area contributed by atoms with Crippen LogP contribution in [0, 0.1) is 6.92 Å². The van der Waals surface area contributed by atoms with E-state index >= 15 is 0 Å². The summed E-state index contributed by atoms with van der Waals surface area (Å²) in [6.45, 7) is 3.49. The Balaban J connectivity index is 2.85. The molecule has 0 aliphatic heterocycles. The third-order valence-electron chi connectivity index (χ3n) is 2.34. The lowest BCUT2D eigenvalue weighted by molar-refractivity contribution is 0.0932. The lowest BCUT2D eigenvalue weighted by atomic mass is 10.1. The molecular weight excluding hydrogens is 208 g/mol. The molecule has 3 N–H and O–H groups in total. The van der Waals surface area contributed by atoms with Gasteiger partial charge in [0.25, 0.3) is 11.5 Å². The number of H-pyrrole nitrogens is 1. The number of amides is 1. The number of hydrogen-bond acceptors (Lipinski definition) is 3. The molecule has 0 aliphatic carbocycles. The molecule has 0 saturated carbocycles. The predicted molar refractivity (Wildman–Crippen MR) is 60.4 cm³/mol. The molecule has 5 heteroatoms. The van der Waals surface area contributed by atoms with E-state index < -0.39 is 11.5 Å². The maximum atomic E-state index is 11.8. The summed E-state index contributed by atoms with van der Waals surface area (Å²) in [5, 5.41) is 11.4. The van der Waals surface area contributed by atoms with E-state index in [1.165, 1.54) is 6.20 Å². The lowest BCUT2D eigenvalue weighted by Crippen LogP contribution is -2.36. The number of rotatable bonds is 4. The van der Waals surface area contributed by atoms with Crippen LogP contribution in [0.3, 0.4) is 0 Å². The van der Waals surface area contributed by atoms with E-state index in [-0.39, 0.29) is 18.2 Å². The summed E-state index contributed by atoms with van der Waals surface area (Å²) in [5.41, 5.74) is 0.374. The van der Waals surface area contributed by atoms with Crippen LogP contribution < -0.4 is 10.9 Å². The first-order valence-electron chi connectivity index (χ1n) is 5.16. The summed E-state index contributed by atoms with van der Waals surface area (Å²) >= 11 is 0. The van der Waals surface area contributed by atoms with E-state index in [2.05, 4.69) is 10.3 Å². The summed E-state index contributed by atoms with van der Waals surface area (Å²) < 4.78 is 0. The zero-order chi connectivity index (χ0) is 12.1. The van der Waals surface area contributed by atoms with Gasteiger partial charge in [0.15, 0.2) is 0 Å². The normalized spacial score (nSPS) is 12.2. The van der Waals surface area contributed by atoms with Crippen molar-refractivity contribution < 1.29 is 9.90 Å². The van der Waals surface area contributed by atoms with Crippen LogP contribution in [0.1, 0.15) is 29.3 Å². The van der Waals surface area contributed by atoms with E-state index in [1.807, 2.05) is 0 Å². The molecule has 1 heterocycles. The SMILES string of the molecule is Cc1cc[nH]c(=O)c1C(=O)NC(C)CCO. The Kier molecular flexibility index (Phi) is 4.25. The second kappa shape index (κ2) is 5.46. The van der Waals surface area contributed by atoms with Crippen LogP contribution in [0.15, 0.2) is 17.1 Å². The Morgan fingerprint density at radius 3 is 2.88 bits per heavy atom. The molecule has 0 aliphatic rings. The summed E-state index contributed by atoms with van der Waals surface area (Å²) in [7, 11) is 0. The van der Waals surface area contributed by atoms with Gasteiger partial charge in [0, 0.05) is 18.8 Å². The number of aryl methyl sites for hydroxylation is 1. The minimum atomic E-state index is -0.402. The Morgan fingerprint density at radius 1 is 1.62 bits per heavy atom. The Morgan fingerprint density at radius 2 is 2.31 bits per heavy atom. The highest BCUT2D eigenvalue weighted by molar-refractivity contribution is 5.95. The van der Waals surface area contributed by atoms with Crippen LogP contribution in [0.5, 0.6) is 0 Å². The van der Waals surface area contributed by atoms with Gasteiger partial charge in [-0.2, -0.15) is 0 Å². The van der Waals surface area contributed by atoms with Gasteiger partial charge >= 0.3 is 0 Å². The van der Waals surface area contributed by atoms with Crippen LogP contribution in [0.2, 0.25) is 0 Å². The molecule has 5 nitrogen and oxygen atoms in total. The van der Waals surface area contributed by atoms with Crippen molar-refractivity contribution in [1.29, 1.82) is 0 Å². The lowest BCUT2D eigenvalue weighted by Gasteiger charge is -2.12. The first kappa shape index (κ1) is 12.4. The van der Waals surface area contributed by atoms with Gasteiger partial charge in [-0.15, -0.1) is 0 Å². The van der Waals surface area contributed by atoms with Crippen molar-refractivity contribution in [2.45, 2.75) is 26.3 Å².